The van der Waals surface area contributed by atoms with Crippen molar-refractivity contribution in [3.05, 3.63) is 35.9 Å². The van der Waals surface area contributed by atoms with E-state index in [1.54, 1.807) is 31.2 Å². The normalized spacial score (nSPS) is 14.8. The highest BCUT2D eigenvalue weighted by molar-refractivity contribution is 5.53. The summed E-state index contributed by atoms with van der Waals surface area (Å²) in [5.41, 5.74) is 6.28. The number of phenolic OH excluding ortho intramolecular Hbond substituents is 1. The van der Waals surface area contributed by atoms with E-state index in [1.165, 1.54) is 0 Å². The van der Waals surface area contributed by atoms with Gasteiger partial charge < -0.3 is 15.9 Å². The van der Waals surface area contributed by atoms with Crippen molar-refractivity contribution in [3.63, 3.8) is 0 Å². The van der Waals surface area contributed by atoms with Crippen LogP contribution in [0.15, 0.2) is 24.8 Å². The SMILES string of the molecule is C=Cc1ccc(O)c([C@@](C)(N)CO)c1. The van der Waals surface area contributed by atoms with Crippen LogP contribution in [0.4, 0.5) is 0 Å². The fraction of sp³-hybridized carbons (Fsp3) is 0.273. The van der Waals surface area contributed by atoms with Crippen LogP contribution in [0.1, 0.15) is 18.1 Å². The molecule has 14 heavy (non-hydrogen) atoms. The Morgan fingerprint density at radius 1 is 1.57 bits per heavy atom. The molecule has 0 saturated heterocycles. The number of rotatable bonds is 3. The Labute approximate surface area is 83.5 Å². The molecule has 0 spiro atoms. The van der Waals surface area contributed by atoms with E-state index in [9.17, 15) is 5.11 Å². The fourth-order valence-corrected chi connectivity index (χ4v) is 1.22. The molecule has 0 bridgehead atoms. The van der Waals surface area contributed by atoms with Gasteiger partial charge >= 0.3 is 0 Å². The van der Waals surface area contributed by atoms with Crippen LogP contribution in [0, 0.1) is 0 Å². The highest BCUT2D eigenvalue weighted by Gasteiger charge is 2.23. The number of phenols is 1. The zero-order valence-electron chi connectivity index (χ0n) is 8.20. The van der Waals surface area contributed by atoms with Gasteiger partial charge in [-0.25, -0.2) is 0 Å². The minimum atomic E-state index is -0.927. The number of aromatic hydroxyl groups is 1. The monoisotopic (exact) mass is 193 g/mol. The first-order chi connectivity index (χ1) is 6.51. The molecule has 0 amide bonds. The molecule has 0 saturated carbocycles. The number of aliphatic hydroxyl groups excluding tert-OH is 1. The zero-order chi connectivity index (χ0) is 10.8. The molecule has 0 aliphatic carbocycles. The topological polar surface area (TPSA) is 66.5 Å². The van der Waals surface area contributed by atoms with E-state index in [4.69, 9.17) is 10.8 Å². The van der Waals surface area contributed by atoms with Crippen molar-refractivity contribution in [2.45, 2.75) is 12.5 Å². The van der Waals surface area contributed by atoms with Gasteiger partial charge in [0.15, 0.2) is 0 Å². The Hall–Kier alpha value is -1.32. The molecule has 0 aliphatic heterocycles. The molecule has 0 radical (unpaired) electrons. The highest BCUT2D eigenvalue weighted by atomic mass is 16.3. The lowest BCUT2D eigenvalue weighted by Crippen LogP contribution is -2.37. The van der Waals surface area contributed by atoms with Crippen LogP contribution in [0.25, 0.3) is 6.08 Å². The van der Waals surface area contributed by atoms with Gasteiger partial charge in [-0.2, -0.15) is 0 Å². The summed E-state index contributed by atoms with van der Waals surface area (Å²) >= 11 is 0. The summed E-state index contributed by atoms with van der Waals surface area (Å²) in [4.78, 5) is 0. The number of hydrogen-bond acceptors (Lipinski definition) is 3. The lowest BCUT2D eigenvalue weighted by atomic mass is 9.92. The van der Waals surface area contributed by atoms with Crippen LogP contribution in [0.3, 0.4) is 0 Å². The molecule has 3 heteroatoms. The molecule has 0 heterocycles. The first kappa shape index (κ1) is 10.8. The summed E-state index contributed by atoms with van der Waals surface area (Å²) in [7, 11) is 0. The third-order valence-corrected chi connectivity index (χ3v) is 2.20. The van der Waals surface area contributed by atoms with Gasteiger partial charge in [0.1, 0.15) is 5.75 Å². The van der Waals surface area contributed by atoms with Crippen molar-refractivity contribution >= 4 is 6.08 Å². The van der Waals surface area contributed by atoms with E-state index in [2.05, 4.69) is 6.58 Å². The van der Waals surface area contributed by atoms with Crippen molar-refractivity contribution in [1.29, 1.82) is 0 Å². The molecular weight excluding hydrogens is 178 g/mol. The van der Waals surface area contributed by atoms with Crippen LogP contribution in [0.2, 0.25) is 0 Å². The summed E-state index contributed by atoms with van der Waals surface area (Å²) in [6, 6.07) is 5.00. The Morgan fingerprint density at radius 3 is 2.71 bits per heavy atom. The quantitative estimate of drug-likeness (QED) is 0.675. The van der Waals surface area contributed by atoms with Crippen LogP contribution >= 0.6 is 0 Å². The van der Waals surface area contributed by atoms with Crippen LogP contribution in [-0.4, -0.2) is 16.8 Å². The zero-order valence-corrected chi connectivity index (χ0v) is 8.20. The maximum absolute atomic E-state index is 9.57. The van der Waals surface area contributed by atoms with Gasteiger partial charge in [-0.15, -0.1) is 0 Å². The molecule has 0 unspecified atom stereocenters. The van der Waals surface area contributed by atoms with Gasteiger partial charge in [0.25, 0.3) is 0 Å². The molecule has 1 atom stereocenters. The van der Waals surface area contributed by atoms with Gasteiger partial charge in [-0.3, -0.25) is 0 Å². The average Bonchev–Trinajstić information content (AvgIpc) is 2.18. The van der Waals surface area contributed by atoms with Crippen molar-refractivity contribution in [1.82, 2.24) is 0 Å². The van der Waals surface area contributed by atoms with E-state index < -0.39 is 5.54 Å². The van der Waals surface area contributed by atoms with Crippen molar-refractivity contribution in [2.75, 3.05) is 6.61 Å². The smallest absolute Gasteiger partial charge is 0.120 e. The molecule has 0 fully saturated rings. The van der Waals surface area contributed by atoms with Gasteiger partial charge in [0.2, 0.25) is 0 Å². The van der Waals surface area contributed by atoms with Gasteiger partial charge in [0.05, 0.1) is 12.1 Å². The molecule has 76 valence electrons. The van der Waals surface area contributed by atoms with Crippen LogP contribution < -0.4 is 5.73 Å². The van der Waals surface area contributed by atoms with Crippen molar-refractivity contribution in [3.8, 4) is 5.75 Å². The lowest BCUT2D eigenvalue weighted by Gasteiger charge is -2.23. The third kappa shape index (κ3) is 1.95. The summed E-state index contributed by atoms with van der Waals surface area (Å²) < 4.78 is 0. The van der Waals surface area contributed by atoms with E-state index in [1.807, 2.05) is 0 Å². The summed E-state index contributed by atoms with van der Waals surface area (Å²) in [6.07, 6.45) is 1.66. The maximum Gasteiger partial charge on any atom is 0.120 e. The largest absolute Gasteiger partial charge is 0.508 e. The summed E-state index contributed by atoms with van der Waals surface area (Å²) in [5, 5.41) is 18.6. The van der Waals surface area contributed by atoms with E-state index in [0.717, 1.165) is 5.56 Å². The van der Waals surface area contributed by atoms with E-state index >= 15 is 0 Å². The molecule has 0 aliphatic rings. The molecule has 1 rings (SSSR count). The minimum absolute atomic E-state index is 0.0923. The van der Waals surface area contributed by atoms with Gasteiger partial charge in [-0.05, 0) is 24.6 Å². The molecule has 3 nitrogen and oxygen atoms in total. The van der Waals surface area contributed by atoms with Gasteiger partial charge in [-0.1, -0.05) is 18.7 Å². The minimum Gasteiger partial charge on any atom is -0.508 e. The van der Waals surface area contributed by atoms with Crippen molar-refractivity contribution < 1.29 is 10.2 Å². The second kappa shape index (κ2) is 3.82. The van der Waals surface area contributed by atoms with Gasteiger partial charge in [0, 0.05) is 5.56 Å². The second-order valence-electron chi connectivity index (χ2n) is 3.56. The standard InChI is InChI=1S/C11H15NO2/c1-3-8-4-5-10(14)9(6-8)11(2,12)7-13/h3-6,13-14H,1,7,12H2,2H3/t11-/m0/s1. The Morgan fingerprint density at radius 2 is 2.21 bits per heavy atom. The molecule has 0 aromatic heterocycles. The summed E-state index contributed by atoms with van der Waals surface area (Å²) in [5.74, 6) is 0.0923. The Balaban J connectivity index is 3.25. The molecule has 1 aromatic carbocycles. The number of aliphatic hydroxyl groups is 1. The second-order valence-corrected chi connectivity index (χ2v) is 3.56. The van der Waals surface area contributed by atoms with Crippen LogP contribution in [-0.2, 0) is 5.54 Å². The fourth-order valence-electron chi connectivity index (χ4n) is 1.22. The van der Waals surface area contributed by atoms with E-state index in [0.29, 0.717) is 5.56 Å². The summed E-state index contributed by atoms with van der Waals surface area (Å²) in [6.45, 7) is 5.07. The first-order valence-electron chi connectivity index (χ1n) is 4.37. The lowest BCUT2D eigenvalue weighted by molar-refractivity contribution is 0.207. The average molecular weight is 193 g/mol. The van der Waals surface area contributed by atoms with Crippen LogP contribution in [0.5, 0.6) is 5.75 Å². The predicted molar refractivity (Wildman–Crippen MR) is 56.8 cm³/mol. The van der Waals surface area contributed by atoms with E-state index in [-0.39, 0.29) is 12.4 Å². The predicted octanol–water partition coefficient (Wildman–Crippen LogP) is 1.20. The highest BCUT2D eigenvalue weighted by Crippen LogP contribution is 2.28. The molecule has 4 N–H and O–H groups in total. The Kier molecular flexibility index (Phi) is 2.93. The number of benzene rings is 1. The first-order valence-corrected chi connectivity index (χ1v) is 4.37. The maximum atomic E-state index is 9.57. The number of nitrogens with two attached hydrogens (primary N) is 1. The third-order valence-electron chi connectivity index (χ3n) is 2.20. The number of hydrogen-bond donors (Lipinski definition) is 3. The Bertz CT molecular complexity index is 345. The molecular formula is C11H15NO2. The van der Waals surface area contributed by atoms with Crippen molar-refractivity contribution in [2.24, 2.45) is 5.73 Å². The molecule has 1 aromatic rings.